The Labute approximate surface area is 295 Å². The molecule has 0 N–H and O–H groups in total. The first-order chi connectivity index (χ1) is 25.2. The van der Waals surface area contributed by atoms with E-state index in [1.54, 1.807) is 0 Å². The molecule has 0 atom stereocenters. The van der Waals surface area contributed by atoms with Crippen molar-refractivity contribution in [1.29, 1.82) is 5.26 Å². The molecule has 0 aliphatic carbocycles. The molecule has 3 aromatic heterocycles. The van der Waals surface area contributed by atoms with Gasteiger partial charge in [-0.1, -0.05) is 133 Å². The maximum absolute atomic E-state index is 9.50. The Morgan fingerprint density at radius 2 is 0.843 bits per heavy atom. The quantitative estimate of drug-likeness (QED) is 0.179. The van der Waals surface area contributed by atoms with Crippen LogP contribution in [0, 0.1) is 11.3 Å². The van der Waals surface area contributed by atoms with Crippen LogP contribution in [-0.2, 0) is 0 Å². The molecule has 3 heterocycles. The first-order valence-electron chi connectivity index (χ1n) is 16.9. The fraction of sp³-hybridized carbons (Fsp3) is 0. The maximum atomic E-state index is 9.50. The summed E-state index contributed by atoms with van der Waals surface area (Å²) in [6.07, 6.45) is 0. The Morgan fingerprint density at radius 1 is 0.373 bits per heavy atom. The smallest absolute Gasteiger partial charge is 0.144 e. The second-order valence-corrected chi connectivity index (χ2v) is 12.5. The standard InChI is InChI=1S/C47H29N3O/c48-30-31-22-24-32(25-23-31)36-26-44(37-28-42(34-14-6-2-7-15-34)49-43(29-37)35-16-8-3-9-17-35)50-45(27-36)41-21-11-20-40-39-19-10-18-38(46(39)51-47(40)41)33-12-4-1-5-13-33/h1-29H. The van der Waals surface area contributed by atoms with E-state index in [1.807, 2.05) is 78.9 Å². The van der Waals surface area contributed by atoms with Gasteiger partial charge in [0.1, 0.15) is 11.2 Å². The van der Waals surface area contributed by atoms with Gasteiger partial charge in [-0.3, -0.25) is 0 Å². The van der Waals surface area contributed by atoms with Gasteiger partial charge in [-0.05, 0) is 59.2 Å². The number of rotatable bonds is 6. The van der Waals surface area contributed by atoms with Crippen LogP contribution in [0.15, 0.2) is 180 Å². The van der Waals surface area contributed by atoms with E-state index in [1.165, 1.54) is 0 Å². The van der Waals surface area contributed by atoms with E-state index in [2.05, 4.69) is 103 Å². The molecule has 0 amide bonds. The lowest BCUT2D eigenvalue weighted by Crippen LogP contribution is -1.95. The first-order valence-corrected chi connectivity index (χ1v) is 16.9. The molecule has 0 unspecified atom stereocenters. The van der Waals surface area contributed by atoms with Gasteiger partial charge in [-0.15, -0.1) is 0 Å². The molecule has 6 aromatic carbocycles. The molecule has 9 aromatic rings. The highest BCUT2D eigenvalue weighted by Gasteiger charge is 2.19. The predicted octanol–water partition coefficient (Wildman–Crippen LogP) is 12.2. The minimum atomic E-state index is 0.614. The summed E-state index contributed by atoms with van der Waals surface area (Å²) in [5.41, 5.74) is 13.6. The molecular formula is C47H29N3O. The minimum absolute atomic E-state index is 0.614. The van der Waals surface area contributed by atoms with E-state index in [4.69, 9.17) is 14.4 Å². The lowest BCUT2D eigenvalue weighted by molar-refractivity contribution is 0.671. The molecule has 51 heavy (non-hydrogen) atoms. The van der Waals surface area contributed by atoms with Gasteiger partial charge in [0, 0.05) is 38.6 Å². The van der Waals surface area contributed by atoms with Crippen LogP contribution in [0.4, 0.5) is 0 Å². The van der Waals surface area contributed by atoms with Crippen molar-refractivity contribution >= 4 is 21.9 Å². The van der Waals surface area contributed by atoms with Crippen LogP contribution in [0.25, 0.3) is 89.2 Å². The fourth-order valence-corrected chi connectivity index (χ4v) is 6.78. The number of nitrogens with zero attached hydrogens (tertiary/aromatic N) is 3. The third-order valence-corrected chi connectivity index (χ3v) is 9.32. The molecular weight excluding hydrogens is 623 g/mol. The lowest BCUT2D eigenvalue weighted by atomic mass is 9.97. The molecule has 0 fully saturated rings. The Kier molecular flexibility index (Phi) is 7.50. The third-order valence-electron chi connectivity index (χ3n) is 9.32. The van der Waals surface area contributed by atoms with Gasteiger partial charge in [0.25, 0.3) is 0 Å². The molecule has 9 rings (SSSR count). The molecule has 4 heteroatoms. The molecule has 238 valence electrons. The van der Waals surface area contributed by atoms with Crippen LogP contribution in [0.5, 0.6) is 0 Å². The van der Waals surface area contributed by atoms with Gasteiger partial charge in [0.05, 0.1) is 34.4 Å². The number of fused-ring (bicyclic) bond motifs is 3. The summed E-state index contributed by atoms with van der Waals surface area (Å²) >= 11 is 0. The minimum Gasteiger partial charge on any atom is -0.455 e. The topological polar surface area (TPSA) is 62.7 Å². The van der Waals surface area contributed by atoms with Crippen LogP contribution in [0.2, 0.25) is 0 Å². The zero-order valence-electron chi connectivity index (χ0n) is 27.5. The van der Waals surface area contributed by atoms with Gasteiger partial charge in [0.2, 0.25) is 0 Å². The van der Waals surface area contributed by atoms with Gasteiger partial charge >= 0.3 is 0 Å². The first kappa shape index (κ1) is 30.0. The van der Waals surface area contributed by atoms with Gasteiger partial charge < -0.3 is 4.42 Å². The van der Waals surface area contributed by atoms with Crippen LogP contribution in [0.1, 0.15) is 5.56 Å². The summed E-state index contributed by atoms with van der Waals surface area (Å²) in [5.74, 6) is 0. The van der Waals surface area contributed by atoms with Crippen LogP contribution in [-0.4, -0.2) is 9.97 Å². The Bertz CT molecular complexity index is 2670. The zero-order chi connectivity index (χ0) is 34.1. The monoisotopic (exact) mass is 651 g/mol. The van der Waals surface area contributed by atoms with E-state index < -0.39 is 0 Å². The van der Waals surface area contributed by atoms with Crippen LogP contribution < -0.4 is 0 Å². The summed E-state index contributed by atoms with van der Waals surface area (Å²) in [6, 6.07) is 61.8. The number of pyridine rings is 2. The van der Waals surface area contributed by atoms with Gasteiger partial charge in [-0.2, -0.15) is 5.26 Å². The second kappa shape index (κ2) is 12.7. The normalized spacial score (nSPS) is 11.1. The Morgan fingerprint density at radius 3 is 1.43 bits per heavy atom. The number of para-hydroxylation sites is 2. The van der Waals surface area contributed by atoms with Crippen molar-refractivity contribution in [2.75, 3.05) is 0 Å². The average molecular weight is 652 g/mol. The van der Waals surface area contributed by atoms with Crippen molar-refractivity contribution in [3.05, 3.63) is 181 Å². The van der Waals surface area contributed by atoms with Crippen LogP contribution >= 0.6 is 0 Å². The van der Waals surface area contributed by atoms with Crippen molar-refractivity contribution < 1.29 is 4.42 Å². The number of hydrogen-bond acceptors (Lipinski definition) is 4. The van der Waals surface area contributed by atoms with Crippen molar-refractivity contribution in [2.45, 2.75) is 0 Å². The molecule has 0 aliphatic heterocycles. The Balaban J connectivity index is 1.29. The van der Waals surface area contributed by atoms with Crippen LogP contribution in [0.3, 0.4) is 0 Å². The highest BCUT2D eigenvalue weighted by molar-refractivity contribution is 6.13. The summed E-state index contributed by atoms with van der Waals surface area (Å²) < 4.78 is 6.81. The van der Waals surface area contributed by atoms with E-state index in [0.29, 0.717) is 5.56 Å². The van der Waals surface area contributed by atoms with E-state index in [0.717, 1.165) is 89.2 Å². The molecule has 0 saturated heterocycles. The van der Waals surface area contributed by atoms with Crippen molar-refractivity contribution in [1.82, 2.24) is 9.97 Å². The second-order valence-electron chi connectivity index (χ2n) is 12.5. The van der Waals surface area contributed by atoms with Crippen molar-refractivity contribution in [3.63, 3.8) is 0 Å². The highest BCUT2D eigenvalue weighted by atomic mass is 16.3. The largest absolute Gasteiger partial charge is 0.455 e. The van der Waals surface area contributed by atoms with E-state index in [-0.39, 0.29) is 0 Å². The van der Waals surface area contributed by atoms with Gasteiger partial charge in [-0.25, -0.2) is 9.97 Å². The molecule has 0 aliphatic rings. The fourth-order valence-electron chi connectivity index (χ4n) is 6.78. The zero-order valence-corrected chi connectivity index (χ0v) is 27.5. The lowest BCUT2D eigenvalue weighted by Gasteiger charge is -2.13. The van der Waals surface area contributed by atoms with Gasteiger partial charge in [0.15, 0.2) is 0 Å². The average Bonchev–Trinajstić information content (AvgIpc) is 3.61. The molecule has 0 radical (unpaired) electrons. The predicted molar refractivity (Wildman–Crippen MR) is 207 cm³/mol. The Hall–Kier alpha value is -7.09. The number of benzene rings is 6. The van der Waals surface area contributed by atoms with Crippen molar-refractivity contribution in [3.8, 4) is 73.4 Å². The number of aromatic nitrogens is 2. The van der Waals surface area contributed by atoms with E-state index >= 15 is 0 Å². The SMILES string of the molecule is N#Cc1ccc(-c2cc(-c3cc(-c4ccccc4)nc(-c4ccccc4)c3)nc(-c3cccc4c3oc3c(-c5ccccc5)cccc34)c2)cc1. The maximum Gasteiger partial charge on any atom is 0.144 e. The molecule has 0 spiro atoms. The van der Waals surface area contributed by atoms with E-state index in [9.17, 15) is 5.26 Å². The molecule has 0 bridgehead atoms. The molecule has 4 nitrogen and oxygen atoms in total. The highest BCUT2D eigenvalue weighted by Crippen LogP contribution is 2.41. The molecule has 0 saturated carbocycles. The number of furan rings is 1. The summed E-state index contributed by atoms with van der Waals surface area (Å²) in [6.45, 7) is 0. The summed E-state index contributed by atoms with van der Waals surface area (Å²) in [5, 5.41) is 11.6. The number of nitriles is 1. The summed E-state index contributed by atoms with van der Waals surface area (Å²) in [7, 11) is 0. The number of hydrogen-bond donors (Lipinski definition) is 0. The third kappa shape index (κ3) is 5.63. The van der Waals surface area contributed by atoms with Crippen molar-refractivity contribution in [2.24, 2.45) is 0 Å². The summed E-state index contributed by atoms with van der Waals surface area (Å²) in [4.78, 5) is 10.5.